The van der Waals surface area contributed by atoms with E-state index < -0.39 is 5.91 Å². The zero-order valence-corrected chi connectivity index (χ0v) is 8.23. The van der Waals surface area contributed by atoms with Crippen LogP contribution in [0, 0.1) is 17.9 Å². The molecule has 1 amide bonds. The molecule has 0 bridgehead atoms. The van der Waals surface area contributed by atoms with E-state index in [-0.39, 0.29) is 21.2 Å². The Morgan fingerprint density at radius 1 is 1.43 bits per heavy atom. The quantitative estimate of drug-likeness (QED) is 0.689. The maximum Gasteiger partial charge on any atom is 0.387 e. The molecule has 0 aliphatic heterocycles. The molecule has 14 heavy (non-hydrogen) atoms. The molecule has 0 N–H and O–H groups in total. The fourth-order valence-corrected chi connectivity index (χ4v) is 1.31. The highest BCUT2D eigenvalue weighted by molar-refractivity contribution is 6.44. The third-order valence-electron chi connectivity index (χ3n) is 1.53. The van der Waals surface area contributed by atoms with Gasteiger partial charge >= 0.3 is 5.91 Å². The first-order valence-corrected chi connectivity index (χ1v) is 4.17. The summed E-state index contributed by atoms with van der Waals surface area (Å²) < 4.78 is 0. The summed E-state index contributed by atoms with van der Waals surface area (Å²) in [5.74, 6) is -0.790. The average molecular weight is 225 g/mol. The topological polar surface area (TPSA) is 45.2 Å². The predicted molar refractivity (Wildman–Crippen MR) is 52.1 cm³/mol. The lowest BCUT2D eigenvalue weighted by Crippen LogP contribution is -1.94. The van der Waals surface area contributed by atoms with Crippen LogP contribution < -0.4 is 0 Å². The summed E-state index contributed by atoms with van der Waals surface area (Å²) in [6.45, 7) is 6.52. The Morgan fingerprint density at radius 3 is 2.57 bits per heavy atom. The maximum atomic E-state index is 11.0. The second kappa shape index (κ2) is 4.11. The summed E-state index contributed by atoms with van der Waals surface area (Å²) in [6, 6.07) is 4.48. The molecule has 68 valence electrons. The molecule has 1 rings (SSSR count). The number of nitrogens with zero attached hydrogens (tertiary/aromatic N) is 2. The summed E-state index contributed by atoms with van der Waals surface area (Å²) in [7, 11) is 0. The molecule has 0 aliphatic rings. The van der Waals surface area contributed by atoms with Crippen molar-refractivity contribution < 1.29 is 4.79 Å². The van der Waals surface area contributed by atoms with E-state index in [0.29, 0.717) is 0 Å². The Labute approximate surface area is 90.3 Å². The lowest BCUT2D eigenvalue weighted by atomic mass is 10.1. The smallest absolute Gasteiger partial charge is 0.310 e. The summed E-state index contributed by atoms with van der Waals surface area (Å²) in [5, 5.41) is 8.55. The number of rotatable bonds is 1. The average Bonchev–Trinajstić information content (AvgIpc) is 2.21. The molecule has 1 aromatic rings. The number of carbonyl (C=O) groups is 1. The first kappa shape index (κ1) is 10.5. The number of hydrogen-bond donors (Lipinski definition) is 0. The maximum absolute atomic E-state index is 11.0. The first-order chi connectivity index (χ1) is 6.61. The number of amides is 1. The zero-order valence-electron chi connectivity index (χ0n) is 6.71. The lowest BCUT2D eigenvalue weighted by molar-refractivity contribution is 0.104. The van der Waals surface area contributed by atoms with E-state index in [9.17, 15) is 4.79 Å². The highest BCUT2D eigenvalue weighted by atomic mass is 35.5. The van der Waals surface area contributed by atoms with Crippen molar-refractivity contribution in [3.63, 3.8) is 0 Å². The van der Waals surface area contributed by atoms with Crippen LogP contribution in [0.3, 0.4) is 0 Å². The van der Waals surface area contributed by atoms with Crippen LogP contribution in [0.2, 0.25) is 10.0 Å². The summed E-state index contributed by atoms with van der Waals surface area (Å²) in [5.41, 5.74) is 0.198. The fourth-order valence-electron chi connectivity index (χ4n) is 0.861. The molecule has 0 atom stereocenters. The van der Waals surface area contributed by atoms with Gasteiger partial charge in [0.25, 0.3) is 0 Å². The Hall–Kier alpha value is -1.55. The van der Waals surface area contributed by atoms with Crippen LogP contribution in [-0.2, 0) is 0 Å². The van der Waals surface area contributed by atoms with E-state index >= 15 is 0 Å². The van der Waals surface area contributed by atoms with Crippen molar-refractivity contribution in [1.82, 2.24) is 0 Å². The number of halogens is 2. The molecule has 0 heterocycles. The van der Waals surface area contributed by atoms with Gasteiger partial charge in [0.15, 0.2) is 0 Å². The van der Waals surface area contributed by atoms with Crippen molar-refractivity contribution in [2.45, 2.75) is 0 Å². The van der Waals surface area contributed by atoms with Gasteiger partial charge in [0, 0.05) is 5.56 Å². The van der Waals surface area contributed by atoms with E-state index in [1.165, 1.54) is 12.1 Å². The van der Waals surface area contributed by atoms with Crippen LogP contribution >= 0.6 is 23.2 Å². The molecule has 1 aromatic carbocycles. The van der Waals surface area contributed by atoms with Crippen molar-refractivity contribution in [3.05, 3.63) is 44.7 Å². The van der Waals surface area contributed by atoms with E-state index in [4.69, 9.17) is 35.0 Å². The molecule has 0 radical (unpaired) electrons. The van der Waals surface area contributed by atoms with Gasteiger partial charge in [-0.3, -0.25) is 0 Å². The summed E-state index contributed by atoms with van der Waals surface area (Å²) in [4.78, 5) is 13.7. The normalized spacial score (nSPS) is 8.86. The van der Waals surface area contributed by atoms with Crippen LogP contribution in [0.25, 0.3) is 4.85 Å². The number of benzene rings is 1. The lowest BCUT2D eigenvalue weighted by Gasteiger charge is -2.01. The molecular formula is C9H2Cl2N2O. The molecule has 0 spiro atoms. The molecule has 0 fully saturated rings. The Morgan fingerprint density at radius 2 is 2.07 bits per heavy atom. The highest BCUT2D eigenvalue weighted by Gasteiger charge is 2.14. The van der Waals surface area contributed by atoms with Crippen LogP contribution in [0.5, 0.6) is 0 Å². The molecule has 0 saturated heterocycles. The van der Waals surface area contributed by atoms with Crippen molar-refractivity contribution in [2.75, 3.05) is 0 Å². The van der Waals surface area contributed by atoms with Crippen LogP contribution in [-0.4, -0.2) is 5.91 Å². The van der Waals surface area contributed by atoms with Crippen molar-refractivity contribution in [2.24, 2.45) is 0 Å². The van der Waals surface area contributed by atoms with E-state index in [1.807, 2.05) is 6.07 Å². The van der Waals surface area contributed by atoms with Crippen LogP contribution in [0.4, 0.5) is 0 Å². The minimum atomic E-state index is -0.790. The number of hydrogen-bond acceptors (Lipinski definition) is 2. The molecule has 0 unspecified atom stereocenters. The Balaban J connectivity index is 3.42. The molecule has 0 saturated carbocycles. The second-order valence-corrected chi connectivity index (χ2v) is 3.07. The largest absolute Gasteiger partial charge is 0.387 e. The van der Waals surface area contributed by atoms with Crippen molar-refractivity contribution >= 4 is 29.1 Å². The Bertz CT molecular complexity index is 483. The SMILES string of the molecule is [C-]#[N+]C(=O)c1ccc(C#N)c(Cl)c1Cl. The van der Waals surface area contributed by atoms with E-state index in [0.717, 1.165) is 0 Å². The monoisotopic (exact) mass is 224 g/mol. The minimum absolute atomic E-state index is 0.00340. The number of nitriles is 1. The van der Waals surface area contributed by atoms with Gasteiger partial charge in [-0.25, -0.2) is 0 Å². The highest BCUT2D eigenvalue weighted by Crippen LogP contribution is 2.29. The molecule has 0 aliphatic carbocycles. The number of carbonyl (C=O) groups excluding carboxylic acids is 1. The molecule has 3 nitrogen and oxygen atoms in total. The van der Waals surface area contributed by atoms with Gasteiger partial charge in [-0.1, -0.05) is 29.3 Å². The van der Waals surface area contributed by atoms with Crippen molar-refractivity contribution in [3.8, 4) is 6.07 Å². The molecular weight excluding hydrogens is 223 g/mol. The Kier molecular flexibility index (Phi) is 3.09. The summed E-state index contributed by atoms with van der Waals surface area (Å²) in [6.07, 6.45) is 0. The van der Waals surface area contributed by atoms with Gasteiger partial charge in [0.1, 0.15) is 6.07 Å². The van der Waals surface area contributed by atoms with Gasteiger partial charge in [-0.2, -0.15) is 10.1 Å². The van der Waals surface area contributed by atoms with E-state index in [2.05, 4.69) is 4.85 Å². The second-order valence-electron chi connectivity index (χ2n) is 2.32. The standard InChI is InChI=1S/C9H2Cl2N2O/c1-13-9(14)6-3-2-5(4-12)7(10)8(6)11/h2-3H. The first-order valence-electron chi connectivity index (χ1n) is 3.41. The van der Waals surface area contributed by atoms with Gasteiger partial charge in [0.05, 0.1) is 22.2 Å². The van der Waals surface area contributed by atoms with Gasteiger partial charge in [0.2, 0.25) is 0 Å². The fraction of sp³-hybridized carbons (Fsp3) is 0. The van der Waals surface area contributed by atoms with Crippen LogP contribution in [0.1, 0.15) is 15.9 Å². The third-order valence-corrected chi connectivity index (χ3v) is 2.42. The van der Waals surface area contributed by atoms with Gasteiger partial charge in [-0.05, 0) is 6.07 Å². The van der Waals surface area contributed by atoms with Crippen LogP contribution in [0.15, 0.2) is 12.1 Å². The zero-order chi connectivity index (χ0) is 10.7. The molecule has 0 aromatic heterocycles. The third kappa shape index (κ3) is 1.70. The molecule has 5 heteroatoms. The predicted octanol–water partition coefficient (Wildman–Crippen LogP) is 2.92. The van der Waals surface area contributed by atoms with Crippen molar-refractivity contribution in [1.29, 1.82) is 5.26 Å². The summed E-state index contributed by atoms with van der Waals surface area (Å²) >= 11 is 11.4. The van der Waals surface area contributed by atoms with E-state index in [1.54, 1.807) is 0 Å². The minimum Gasteiger partial charge on any atom is -0.310 e. The van der Waals surface area contributed by atoms with Gasteiger partial charge < -0.3 is 4.79 Å². The van der Waals surface area contributed by atoms with Gasteiger partial charge in [-0.15, -0.1) is 0 Å².